The van der Waals surface area contributed by atoms with Gasteiger partial charge in [0.15, 0.2) is 5.82 Å². The van der Waals surface area contributed by atoms with E-state index in [-0.39, 0.29) is 22.0 Å². The molecule has 2 aromatic carbocycles. The maximum atomic E-state index is 11.7. The average Bonchev–Trinajstić information content (AvgIpc) is 2.76. The van der Waals surface area contributed by atoms with Gasteiger partial charge in [0.05, 0.1) is 33.9 Å². The quantitative estimate of drug-likeness (QED) is 0.155. The van der Waals surface area contributed by atoms with Gasteiger partial charge in [-0.15, -0.1) is 4.33 Å². The van der Waals surface area contributed by atoms with E-state index in [4.69, 9.17) is 5.26 Å². The number of para-hydroxylation sites is 2. The van der Waals surface area contributed by atoms with Crippen molar-refractivity contribution in [2.24, 2.45) is 0 Å². The lowest BCUT2D eigenvalue weighted by Gasteiger charge is -2.18. The number of hydrogen-bond donors (Lipinski definition) is 4. The van der Waals surface area contributed by atoms with E-state index >= 15 is 0 Å². The van der Waals surface area contributed by atoms with Crippen LogP contribution in [0, 0.1) is 25.2 Å². The number of hydrogen-bond acceptors (Lipinski definition) is 10. The van der Waals surface area contributed by atoms with E-state index in [0.717, 1.165) is 12.0 Å². The van der Waals surface area contributed by atoms with Gasteiger partial charge in [-0.1, -0.05) is 29.3 Å². The third kappa shape index (κ3) is 5.17. The Morgan fingerprint density at radius 1 is 1.00 bits per heavy atom. The third-order valence-corrected chi connectivity index (χ3v) is 6.15. The number of nitriles is 1. The number of aromatic nitrogens is 1. The van der Waals surface area contributed by atoms with Crippen LogP contribution >= 0.6 is 12.0 Å². The van der Waals surface area contributed by atoms with Crippen molar-refractivity contribution < 1.29 is 27.6 Å². The number of nitrogens with zero attached hydrogens (tertiary/aromatic N) is 2. The number of rotatable bonds is 8. The average molecular weight is 475 g/mol. The van der Waals surface area contributed by atoms with E-state index in [9.17, 15) is 18.2 Å². The maximum Gasteiger partial charge on any atom is 0.296 e. The molecule has 0 saturated carbocycles. The standard InChI is InChI=1S/C20H18N4O6S2/c1-12-13(2)19(22-15-7-3-5-9-17(15)31-30-29-25)24-20(14(12)11-21)23-16-8-4-6-10-18(16)32(26,27)28/h3-10,25H,1-2H3,(H2,22,23,24)(H,26,27,28). The van der Waals surface area contributed by atoms with Gasteiger partial charge in [-0.2, -0.15) is 13.7 Å². The molecule has 0 fully saturated rings. The predicted molar refractivity (Wildman–Crippen MR) is 118 cm³/mol. The highest BCUT2D eigenvalue weighted by molar-refractivity contribution is 7.94. The second kappa shape index (κ2) is 9.96. The molecule has 0 saturated heterocycles. The van der Waals surface area contributed by atoms with Gasteiger partial charge >= 0.3 is 0 Å². The first-order valence-corrected chi connectivity index (χ1v) is 11.2. The first kappa shape index (κ1) is 23.5. The monoisotopic (exact) mass is 474 g/mol. The second-order valence-electron chi connectivity index (χ2n) is 6.49. The molecule has 1 aromatic heterocycles. The van der Waals surface area contributed by atoms with Crippen LogP contribution in [-0.4, -0.2) is 23.2 Å². The number of benzene rings is 2. The van der Waals surface area contributed by atoms with Crippen molar-refractivity contribution in [2.45, 2.75) is 23.6 Å². The molecule has 0 aliphatic carbocycles. The lowest BCUT2D eigenvalue weighted by atomic mass is 10.1. The van der Waals surface area contributed by atoms with E-state index in [2.05, 4.69) is 31.1 Å². The van der Waals surface area contributed by atoms with E-state index in [1.165, 1.54) is 18.2 Å². The lowest BCUT2D eigenvalue weighted by Crippen LogP contribution is -2.08. The molecular formula is C20H18N4O6S2. The van der Waals surface area contributed by atoms with Crippen LogP contribution in [0.2, 0.25) is 0 Å². The number of pyridine rings is 1. The van der Waals surface area contributed by atoms with Gasteiger partial charge in [-0.05, 0) is 49.2 Å². The Hall–Kier alpha value is -3.18. The Balaban J connectivity index is 2.07. The lowest BCUT2D eigenvalue weighted by molar-refractivity contribution is -0.432. The van der Waals surface area contributed by atoms with Gasteiger partial charge in [-0.25, -0.2) is 10.2 Å². The van der Waals surface area contributed by atoms with Gasteiger partial charge in [0.25, 0.3) is 10.1 Å². The molecule has 10 nitrogen and oxygen atoms in total. The van der Waals surface area contributed by atoms with Crippen LogP contribution < -0.4 is 10.6 Å². The Bertz CT molecular complexity index is 1290. The largest absolute Gasteiger partial charge is 0.339 e. The maximum absolute atomic E-state index is 11.7. The fraction of sp³-hybridized carbons (Fsp3) is 0.100. The molecule has 12 heteroatoms. The predicted octanol–water partition coefficient (Wildman–Crippen LogP) is 4.73. The summed E-state index contributed by atoms with van der Waals surface area (Å²) in [6.45, 7) is 3.52. The molecule has 0 radical (unpaired) electrons. The highest BCUT2D eigenvalue weighted by Crippen LogP contribution is 2.34. The molecule has 3 aromatic rings. The summed E-state index contributed by atoms with van der Waals surface area (Å²) in [5.74, 6) is 0.501. The van der Waals surface area contributed by atoms with Crippen LogP contribution in [0.25, 0.3) is 0 Å². The van der Waals surface area contributed by atoms with Crippen LogP contribution in [-0.2, 0) is 19.5 Å². The van der Waals surface area contributed by atoms with Gasteiger partial charge in [-0.3, -0.25) is 4.55 Å². The van der Waals surface area contributed by atoms with E-state index in [1.54, 1.807) is 44.2 Å². The summed E-state index contributed by atoms with van der Waals surface area (Å²) in [5.41, 5.74) is 2.18. The van der Waals surface area contributed by atoms with Gasteiger partial charge in [0.1, 0.15) is 16.8 Å². The summed E-state index contributed by atoms with van der Waals surface area (Å²) in [6.07, 6.45) is 0. The normalized spacial score (nSPS) is 11.1. The Kier molecular flexibility index (Phi) is 7.31. The third-order valence-electron chi connectivity index (χ3n) is 4.58. The van der Waals surface area contributed by atoms with Crippen LogP contribution in [0.3, 0.4) is 0 Å². The van der Waals surface area contributed by atoms with Crippen LogP contribution in [0.5, 0.6) is 0 Å². The van der Waals surface area contributed by atoms with Crippen LogP contribution in [0.4, 0.5) is 23.0 Å². The molecule has 166 valence electrons. The summed E-state index contributed by atoms with van der Waals surface area (Å²) in [5, 5.41) is 27.7. The van der Waals surface area contributed by atoms with Gasteiger partial charge in [0, 0.05) is 0 Å². The zero-order chi connectivity index (χ0) is 23.3. The van der Waals surface area contributed by atoms with Crippen molar-refractivity contribution in [3.8, 4) is 6.07 Å². The summed E-state index contributed by atoms with van der Waals surface area (Å²) in [6, 6.07) is 14.8. The Labute approximate surface area is 188 Å². The Morgan fingerprint density at radius 2 is 1.62 bits per heavy atom. The van der Waals surface area contributed by atoms with Crippen LogP contribution in [0.15, 0.2) is 58.3 Å². The first-order valence-electron chi connectivity index (χ1n) is 9.02. The topological polar surface area (TPSA) is 154 Å². The molecule has 0 unspecified atom stereocenters. The van der Waals surface area contributed by atoms with Crippen molar-refractivity contribution in [3.05, 3.63) is 65.2 Å². The molecule has 0 aliphatic rings. The van der Waals surface area contributed by atoms with Crippen molar-refractivity contribution in [2.75, 3.05) is 10.6 Å². The Morgan fingerprint density at radius 3 is 2.28 bits per heavy atom. The minimum atomic E-state index is -4.50. The highest BCUT2D eigenvalue weighted by atomic mass is 32.2. The molecule has 0 spiro atoms. The number of nitrogens with one attached hydrogen (secondary N) is 2. The second-order valence-corrected chi connectivity index (χ2v) is 8.62. The van der Waals surface area contributed by atoms with Crippen molar-refractivity contribution >= 4 is 45.2 Å². The highest BCUT2D eigenvalue weighted by Gasteiger charge is 2.20. The van der Waals surface area contributed by atoms with Crippen molar-refractivity contribution in [1.29, 1.82) is 5.26 Å². The fourth-order valence-electron chi connectivity index (χ4n) is 2.89. The van der Waals surface area contributed by atoms with Crippen molar-refractivity contribution in [3.63, 3.8) is 0 Å². The zero-order valence-electron chi connectivity index (χ0n) is 16.9. The minimum absolute atomic E-state index is 0.0673. The molecule has 0 atom stereocenters. The molecular weight excluding hydrogens is 456 g/mol. The SMILES string of the molecule is Cc1c(Nc2ccccc2SOOO)nc(Nc2ccccc2S(=O)(=O)O)c(C#N)c1C. The molecule has 1 heterocycles. The van der Waals surface area contributed by atoms with E-state index < -0.39 is 10.1 Å². The molecule has 0 amide bonds. The number of anilines is 4. The summed E-state index contributed by atoms with van der Waals surface area (Å²) in [4.78, 5) is 4.72. The summed E-state index contributed by atoms with van der Waals surface area (Å²) < 4.78 is 37.5. The summed E-state index contributed by atoms with van der Waals surface area (Å²) in [7, 11) is -4.50. The van der Waals surface area contributed by atoms with E-state index in [0.29, 0.717) is 27.5 Å². The first-order chi connectivity index (χ1) is 15.3. The molecule has 32 heavy (non-hydrogen) atoms. The fourth-order valence-corrected chi connectivity index (χ4v) is 3.98. The molecule has 0 aliphatic heterocycles. The molecule has 0 bridgehead atoms. The van der Waals surface area contributed by atoms with Crippen molar-refractivity contribution in [1.82, 2.24) is 4.98 Å². The summed E-state index contributed by atoms with van der Waals surface area (Å²) >= 11 is 0.771. The van der Waals surface area contributed by atoms with E-state index in [1.807, 2.05) is 0 Å². The molecule has 3 rings (SSSR count). The van der Waals surface area contributed by atoms with Gasteiger partial charge < -0.3 is 10.6 Å². The zero-order valence-corrected chi connectivity index (χ0v) is 18.5. The molecule has 4 N–H and O–H groups in total. The van der Waals surface area contributed by atoms with Gasteiger partial charge in [0.2, 0.25) is 0 Å². The minimum Gasteiger partial charge on any atom is -0.339 e. The smallest absolute Gasteiger partial charge is 0.296 e. The van der Waals surface area contributed by atoms with Crippen LogP contribution in [0.1, 0.15) is 16.7 Å².